The molecule has 9 heteroatoms. The molecule has 27 heavy (non-hydrogen) atoms. The first kappa shape index (κ1) is 19.3. The van der Waals surface area contributed by atoms with Crippen molar-refractivity contribution in [3.05, 3.63) is 29.7 Å². The number of unbranched alkanes of at least 4 members (excludes halogenated alkanes) is 1. The van der Waals surface area contributed by atoms with Crippen LogP contribution in [-0.2, 0) is 20.1 Å². The van der Waals surface area contributed by atoms with E-state index in [0.29, 0.717) is 6.54 Å². The Bertz CT molecular complexity index is 716. The van der Waals surface area contributed by atoms with Crippen molar-refractivity contribution in [1.29, 1.82) is 0 Å². The zero-order valence-corrected chi connectivity index (χ0v) is 16.6. The average molecular weight is 374 g/mol. The van der Waals surface area contributed by atoms with Crippen LogP contribution < -0.4 is 5.32 Å². The molecule has 0 aliphatic carbocycles. The van der Waals surface area contributed by atoms with Gasteiger partial charge in [0.1, 0.15) is 18.6 Å². The lowest BCUT2D eigenvalue weighted by atomic mass is 10.3. The number of nitrogens with zero attached hydrogens (tertiary/aromatic N) is 7. The number of rotatable bonds is 7. The largest absolute Gasteiger partial charge is 0.364 e. The fourth-order valence-electron chi connectivity index (χ4n) is 3.04. The van der Waals surface area contributed by atoms with Crippen molar-refractivity contribution in [3.63, 3.8) is 0 Å². The summed E-state index contributed by atoms with van der Waals surface area (Å²) in [6.07, 6.45) is 3.92. The molecular formula is C18H30N8O. The van der Waals surface area contributed by atoms with Crippen LogP contribution in [0.1, 0.15) is 37.1 Å². The second-order valence-corrected chi connectivity index (χ2v) is 6.90. The third-order valence-electron chi connectivity index (χ3n) is 4.92. The van der Waals surface area contributed by atoms with Crippen LogP contribution in [0.25, 0.3) is 0 Å². The second kappa shape index (κ2) is 9.50. The Balaban J connectivity index is 1.59. The van der Waals surface area contributed by atoms with Gasteiger partial charge in [-0.1, -0.05) is 18.5 Å². The van der Waals surface area contributed by atoms with E-state index in [4.69, 9.17) is 9.52 Å². The van der Waals surface area contributed by atoms with Crippen LogP contribution >= 0.6 is 0 Å². The van der Waals surface area contributed by atoms with Crippen LogP contribution in [-0.4, -0.2) is 68.4 Å². The molecule has 3 rings (SSSR count). The Hall–Kier alpha value is -2.42. The van der Waals surface area contributed by atoms with E-state index in [2.05, 4.69) is 37.4 Å². The number of aliphatic imine (C=N–C) groups is 1. The Morgan fingerprint density at radius 1 is 1.26 bits per heavy atom. The van der Waals surface area contributed by atoms with Gasteiger partial charge in [-0.05, 0) is 13.3 Å². The molecule has 1 N–H and O–H groups in total. The van der Waals surface area contributed by atoms with E-state index in [1.54, 1.807) is 6.26 Å². The van der Waals surface area contributed by atoms with Crippen molar-refractivity contribution in [3.8, 4) is 0 Å². The summed E-state index contributed by atoms with van der Waals surface area (Å²) in [6.45, 7) is 10.3. The molecule has 0 spiro atoms. The molecule has 0 saturated carbocycles. The summed E-state index contributed by atoms with van der Waals surface area (Å²) >= 11 is 0. The van der Waals surface area contributed by atoms with Gasteiger partial charge in [0, 0.05) is 52.4 Å². The predicted molar refractivity (Wildman–Crippen MR) is 103 cm³/mol. The van der Waals surface area contributed by atoms with Gasteiger partial charge in [-0.15, -0.1) is 10.2 Å². The maximum Gasteiger partial charge on any atom is 0.194 e. The first-order chi connectivity index (χ1) is 13.2. The molecule has 1 aliphatic heterocycles. The van der Waals surface area contributed by atoms with Gasteiger partial charge in [0.15, 0.2) is 11.8 Å². The zero-order valence-electron chi connectivity index (χ0n) is 16.6. The maximum absolute atomic E-state index is 4.93. The minimum absolute atomic E-state index is 0.533. The van der Waals surface area contributed by atoms with Crippen LogP contribution in [0.2, 0.25) is 0 Å². The summed E-state index contributed by atoms with van der Waals surface area (Å²) < 4.78 is 6.92. The van der Waals surface area contributed by atoms with Gasteiger partial charge in [0.25, 0.3) is 0 Å². The summed E-state index contributed by atoms with van der Waals surface area (Å²) in [6, 6.07) is 1.93. The number of hydrogen-bond acceptors (Lipinski definition) is 6. The average Bonchev–Trinajstić information content (AvgIpc) is 3.30. The van der Waals surface area contributed by atoms with Crippen molar-refractivity contribution in [2.24, 2.45) is 12.0 Å². The molecule has 0 amide bonds. The molecule has 2 aromatic heterocycles. The minimum atomic E-state index is 0.533. The first-order valence-corrected chi connectivity index (χ1v) is 9.67. The van der Waals surface area contributed by atoms with E-state index in [0.717, 1.165) is 75.4 Å². The number of guanidine groups is 1. The smallest absolute Gasteiger partial charge is 0.194 e. The van der Waals surface area contributed by atoms with E-state index in [1.807, 2.05) is 24.6 Å². The van der Waals surface area contributed by atoms with E-state index in [9.17, 15) is 0 Å². The number of hydrogen-bond donors (Lipinski definition) is 1. The molecule has 148 valence electrons. The van der Waals surface area contributed by atoms with Gasteiger partial charge in [-0.3, -0.25) is 4.90 Å². The van der Waals surface area contributed by atoms with Crippen molar-refractivity contribution < 1.29 is 4.52 Å². The summed E-state index contributed by atoms with van der Waals surface area (Å²) in [7, 11) is 1.98. The highest BCUT2D eigenvalue weighted by Gasteiger charge is 2.20. The Morgan fingerprint density at radius 2 is 2.07 bits per heavy atom. The normalized spacial score (nSPS) is 16.1. The number of aromatic nitrogens is 4. The third-order valence-corrected chi connectivity index (χ3v) is 4.92. The van der Waals surface area contributed by atoms with Crippen LogP contribution in [0.15, 0.2) is 21.8 Å². The minimum Gasteiger partial charge on any atom is -0.364 e. The molecule has 2 aromatic rings. The number of nitrogens with one attached hydrogen (secondary N) is 1. The van der Waals surface area contributed by atoms with Crippen LogP contribution in [0, 0.1) is 6.92 Å². The lowest BCUT2D eigenvalue weighted by Gasteiger charge is -2.36. The Labute approximate surface area is 160 Å². The predicted octanol–water partition coefficient (Wildman–Crippen LogP) is 1.18. The van der Waals surface area contributed by atoms with Crippen LogP contribution in [0.4, 0.5) is 0 Å². The van der Waals surface area contributed by atoms with Gasteiger partial charge in [0.05, 0.1) is 5.69 Å². The van der Waals surface area contributed by atoms with E-state index in [1.165, 1.54) is 0 Å². The maximum atomic E-state index is 4.93. The van der Waals surface area contributed by atoms with Crippen molar-refractivity contribution >= 4 is 5.96 Å². The molecule has 0 aromatic carbocycles. The standard InChI is InChI=1S/C18H30N8O/c1-4-5-7-19-18(20-13-17-22-21-15(2)24(17)3)26-10-8-25(9-11-26)14-16-6-12-27-23-16/h6,12H,4-5,7-11,13-14H2,1-3H3,(H,19,20). The van der Waals surface area contributed by atoms with Gasteiger partial charge in [-0.25, -0.2) is 4.99 Å². The highest BCUT2D eigenvalue weighted by Crippen LogP contribution is 2.08. The molecule has 1 saturated heterocycles. The summed E-state index contributed by atoms with van der Waals surface area (Å²) in [5.41, 5.74) is 0.982. The van der Waals surface area contributed by atoms with Gasteiger partial charge < -0.3 is 19.3 Å². The molecule has 3 heterocycles. The molecule has 0 atom stereocenters. The Morgan fingerprint density at radius 3 is 2.70 bits per heavy atom. The monoisotopic (exact) mass is 374 g/mol. The molecule has 1 fully saturated rings. The Kier molecular flexibility index (Phi) is 6.80. The van der Waals surface area contributed by atoms with E-state index < -0.39 is 0 Å². The van der Waals surface area contributed by atoms with Crippen molar-refractivity contribution in [2.45, 2.75) is 39.8 Å². The van der Waals surface area contributed by atoms with Crippen molar-refractivity contribution in [2.75, 3.05) is 32.7 Å². The fourth-order valence-corrected chi connectivity index (χ4v) is 3.04. The van der Waals surface area contributed by atoms with Crippen LogP contribution in [0.5, 0.6) is 0 Å². The van der Waals surface area contributed by atoms with E-state index in [-0.39, 0.29) is 0 Å². The first-order valence-electron chi connectivity index (χ1n) is 9.67. The highest BCUT2D eigenvalue weighted by atomic mass is 16.5. The van der Waals surface area contributed by atoms with Gasteiger partial charge >= 0.3 is 0 Å². The highest BCUT2D eigenvalue weighted by molar-refractivity contribution is 5.80. The molecule has 0 radical (unpaired) electrons. The molecule has 0 bridgehead atoms. The lowest BCUT2D eigenvalue weighted by Crippen LogP contribution is -2.52. The summed E-state index contributed by atoms with van der Waals surface area (Å²) in [4.78, 5) is 9.55. The van der Waals surface area contributed by atoms with Crippen molar-refractivity contribution in [1.82, 2.24) is 35.0 Å². The summed E-state index contributed by atoms with van der Waals surface area (Å²) in [5.74, 6) is 2.75. The van der Waals surface area contributed by atoms with Crippen LogP contribution in [0.3, 0.4) is 0 Å². The zero-order chi connectivity index (χ0) is 19.1. The van der Waals surface area contributed by atoms with Gasteiger partial charge in [-0.2, -0.15) is 0 Å². The topological polar surface area (TPSA) is 87.6 Å². The molecule has 1 aliphatic rings. The molecule has 0 unspecified atom stereocenters. The SMILES string of the molecule is CCCCNC(=NCc1nnc(C)n1C)N1CCN(Cc2ccon2)CC1. The third kappa shape index (κ3) is 5.29. The van der Waals surface area contributed by atoms with Gasteiger partial charge in [0.2, 0.25) is 0 Å². The number of piperazine rings is 1. The molecule has 9 nitrogen and oxygen atoms in total. The lowest BCUT2D eigenvalue weighted by molar-refractivity contribution is 0.169. The molecular weight excluding hydrogens is 344 g/mol. The quantitative estimate of drug-likeness (QED) is 0.442. The summed E-state index contributed by atoms with van der Waals surface area (Å²) in [5, 5.41) is 15.9. The van der Waals surface area contributed by atoms with E-state index >= 15 is 0 Å². The fraction of sp³-hybridized carbons (Fsp3) is 0.667. The number of aryl methyl sites for hydroxylation is 1. The second-order valence-electron chi connectivity index (χ2n) is 6.90.